The minimum absolute atomic E-state index is 0.0717. The summed E-state index contributed by atoms with van der Waals surface area (Å²) in [5, 5.41) is 20.3. The van der Waals surface area contributed by atoms with Gasteiger partial charge in [0.2, 0.25) is 0 Å². The van der Waals surface area contributed by atoms with E-state index < -0.39 is 12.2 Å². The van der Waals surface area contributed by atoms with Crippen LogP contribution in [0.15, 0.2) is 48.6 Å². The van der Waals surface area contributed by atoms with Crippen LogP contribution in [0.25, 0.3) is 0 Å². The van der Waals surface area contributed by atoms with E-state index in [1.54, 1.807) is 6.08 Å². The van der Waals surface area contributed by atoms with Gasteiger partial charge in [0.25, 0.3) is 0 Å². The summed E-state index contributed by atoms with van der Waals surface area (Å²) >= 11 is 0. The molecule has 1 fully saturated rings. The number of rotatable bonds is 10. The van der Waals surface area contributed by atoms with Gasteiger partial charge in [0.15, 0.2) is 0 Å². The predicted octanol–water partition coefficient (Wildman–Crippen LogP) is 3.80. The zero-order valence-corrected chi connectivity index (χ0v) is 15.9. The molecular weight excluding hydrogens is 328 g/mol. The Kier molecular flexibility index (Phi) is 8.89. The summed E-state index contributed by atoms with van der Waals surface area (Å²) in [6.07, 6.45) is 10.7. The first-order valence-corrected chi connectivity index (χ1v) is 9.60. The summed E-state index contributed by atoms with van der Waals surface area (Å²) in [4.78, 5) is 0. The van der Waals surface area contributed by atoms with Gasteiger partial charge in [0.05, 0.1) is 18.8 Å². The van der Waals surface area contributed by atoms with Gasteiger partial charge in [-0.25, -0.2) is 0 Å². The van der Waals surface area contributed by atoms with E-state index in [0.29, 0.717) is 6.61 Å². The molecule has 4 heteroatoms. The van der Waals surface area contributed by atoms with Crippen molar-refractivity contribution in [2.24, 2.45) is 5.92 Å². The fraction of sp³-hybridized carbons (Fsp3) is 0.545. The fourth-order valence-corrected chi connectivity index (χ4v) is 3.10. The van der Waals surface area contributed by atoms with Crippen LogP contribution in [0.5, 0.6) is 5.75 Å². The highest BCUT2D eigenvalue weighted by Gasteiger charge is 2.33. The van der Waals surface area contributed by atoms with Crippen LogP contribution in [0.4, 0.5) is 0 Å². The van der Waals surface area contributed by atoms with Crippen LogP contribution in [0.1, 0.15) is 38.2 Å². The van der Waals surface area contributed by atoms with Crippen molar-refractivity contribution in [1.82, 2.24) is 0 Å². The van der Waals surface area contributed by atoms with Gasteiger partial charge in [-0.05, 0) is 43.9 Å². The highest BCUT2D eigenvalue weighted by Crippen LogP contribution is 2.27. The van der Waals surface area contributed by atoms with E-state index in [1.165, 1.54) is 0 Å². The molecule has 0 aromatic heterocycles. The first kappa shape index (κ1) is 20.7. The van der Waals surface area contributed by atoms with E-state index in [0.717, 1.165) is 37.0 Å². The largest absolute Gasteiger partial charge is 0.491 e. The van der Waals surface area contributed by atoms with Crippen LogP contribution < -0.4 is 4.74 Å². The van der Waals surface area contributed by atoms with E-state index in [2.05, 4.69) is 19.1 Å². The van der Waals surface area contributed by atoms with E-state index in [9.17, 15) is 10.2 Å². The molecule has 4 atom stereocenters. The van der Waals surface area contributed by atoms with Gasteiger partial charge in [-0.1, -0.05) is 49.8 Å². The second-order valence-electron chi connectivity index (χ2n) is 6.95. The van der Waals surface area contributed by atoms with E-state index >= 15 is 0 Å². The third-order valence-electron chi connectivity index (χ3n) is 4.60. The second-order valence-corrected chi connectivity index (χ2v) is 6.95. The lowest BCUT2D eigenvalue weighted by Crippen LogP contribution is -2.23. The average Bonchev–Trinajstić information content (AvgIpc) is 2.98. The highest BCUT2D eigenvalue weighted by molar-refractivity contribution is 5.27. The van der Waals surface area contributed by atoms with Crippen LogP contribution in [0, 0.1) is 12.8 Å². The molecule has 2 rings (SSSR count). The van der Waals surface area contributed by atoms with Gasteiger partial charge in [-0.3, -0.25) is 0 Å². The van der Waals surface area contributed by atoms with Crippen molar-refractivity contribution < 1.29 is 19.7 Å². The second kappa shape index (κ2) is 11.2. The van der Waals surface area contributed by atoms with Crippen molar-refractivity contribution >= 4 is 0 Å². The molecule has 2 N–H and O–H groups in total. The maximum Gasteiger partial charge on any atom is 0.119 e. The smallest absolute Gasteiger partial charge is 0.119 e. The van der Waals surface area contributed by atoms with Crippen LogP contribution in [0.3, 0.4) is 0 Å². The summed E-state index contributed by atoms with van der Waals surface area (Å²) in [6, 6.07) is 7.75. The number of benzene rings is 1. The van der Waals surface area contributed by atoms with Crippen LogP contribution >= 0.6 is 0 Å². The topological polar surface area (TPSA) is 58.9 Å². The number of ether oxygens (including phenoxy) is 2. The Bertz CT molecular complexity index is 581. The van der Waals surface area contributed by atoms with Crippen LogP contribution in [-0.2, 0) is 4.74 Å². The molecule has 0 amide bonds. The third-order valence-corrected chi connectivity index (χ3v) is 4.60. The van der Waals surface area contributed by atoms with Gasteiger partial charge >= 0.3 is 0 Å². The maximum atomic E-state index is 10.1. The summed E-state index contributed by atoms with van der Waals surface area (Å²) in [5.41, 5.74) is 1.12. The van der Waals surface area contributed by atoms with Crippen molar-refractivity contribution in [2.45, 2.75) is 57.8 Å². The molecule has 1 aliphatic heterocycles. The molecule has 144 valence electrons. The Labute approximate surface area is 157 Å². The molecule has 0 unspecified atom stereocenters. The minimum atomic E-state index is -0.707. The Hall–Kier alpha value is -1.62. The Balaban J connectivity index is 1.78. The lowest BCUT2D eigenvalue weighted by molar-refractivity contribution is 0.106. The van der Waals surface area contributed by atoms with Crippen molar-refractivity contribution in [3.05, 3.63) is 54.1 Å². The monoisotopic (exact) mass is 360 g/mol. The van der Waals surface area contributed by atoms with E-state index in [4.69, 9.17) is 9.47 Å². The van der Waals surface area contributed by atoms with E-state index in [1.807, 2.05) is 37.3 Å². The molecule has 26 heavy (non-hydrogen) atoms. The standard InChI is InChI=1S/C22H32O4/c1-3-4-5-6-7-11-20-21(24)16-26-22(20)13-12-18(23)15-25-19-10-8-9-17(2)14-19/h5-6,8-10,12-14,18,20-24H,3-4,7,11,15-16H2,1-2H3/b6-5-,13-12+/t18-,20+,21+,22-/m1/s1. The molecule has 1 saturated heterocycles. The molecule has 0 bridgehead atoms. The molecular formula is C22H32O4. The third kappa shape index (κ3) is 6.94. The number of allylic oxidation sites excluding steroid dienone is 2. The van der Waals surface area contributed by atoms with Crippen molar-refractivity contribution in [3.63, 3.8) is 0 Å². The number of aryl methyl sites for hydroxylation is 1. The highest BCUT2D eigenvalue weighted by atomic mass is 16.5. The molecule has 1 heterocycles. The minimum Gasteiger partial charge on any atom is -0.491 e. The average molecular weight is 360 g/mol. The van der Waals surface area contributed by atoms with Gasteiger partial charge in [-0.2, -0.15) is 0 Å². The normalized spacial score (nSPS) is 24.5. The maximum absolute atomic E-state index is 10.1. The quantitative estimate of drug-likeness (QED) is 0.623. The fourth-order valence-electron chi connectivity index (χ4n) is 3.10. The molecule has 4 nitrogen and oxygen atoms in total. The predicted molar refractivity (Wildman–Crippen MR) is 104 cm³/mol. The summed E-state index contributed by atoms with van der Waals surface area (Å²) in [6.45, 7) is 4.71. The molecule has 0 spiro atoms. The first-order chi connectivity index (χ1) is 12.6. The van der Waals surface area contributed by atoms with Crippen molar-refractivity contribution in [1.29, 1.82) is 0 Å². The van der Waals surface area contributed by atoms with Gasteiger partial charge in [-0.15, -0.1) is 0 Å². The molecule has 0 aliphatic carbocycles. The molecule has 0 radical (unpaired) electrons. The van der Waals surface area contributed by atoms with E-state index in [-0.39, 0.29) is 18.6 Å². The van der Waals surface area contributed by atoms with Gasteiger partial charge in [0.1, 0.15) is 18.5 Å². The van der Waals surface area contributed by atoms with Crippen molar-refractivity contribution in [2.75, 3.05) is 13.2 Å². The Morgan fingerprint density at radius 3 is 2.88 bits per heavy atom. The lowest BCUT2D eigenvalue weighted by Gasteiger charge is -2.17. The summed E-state index contributed by atoms with van der Waals surface area (Å²) < 4.78 is 11.3. The lowest BCUT2D eigenvalue weighted by atomic mass is 9.93. The molecule has 1 aliphatic rings. The zero-order chi connectivity index (χ0) is 18.8. The number of hydrogen-bond donors (Lipinski definition) is 2. The summed E-state index contributed by atoms with van der Waals surface area (Å²) in [7, 11) is 0. The number of hydrogen-bond acceptors (Lipinski definition) is 4. The van der Waals surface area contributed by atoms with Gasteiger partial charge < -0.3 is 19.7 Å². The molecule has 1 aromatic rings. The zero-order valence-electron chi connectivity index (χ0n) is 15.9. The van der Waals surface area contributed by atoms with Crippen molar-refractivity contribution in [3.8, 4) is 5.75 Å². The Morgan fingerprint density at radius 2 is 2.12 bits per heavy atom. The molecule has 0 saturated carbocycles. The number of unbranched alkanes of at least 4 members (excludes halogenated alkanes) is 1. The number of aliphatic hydroxyl groups excluding tert-OH is 2. The number of aliphatic hydroxyl groups is 2. The summed E-state index contributed by atoms with van der Waals surface area (Å²) in [5.74, 6) is 0.823. The molecule has 1 aromatic carbocycles. The Morgan fingerprint density at radius 1 is 1.31 bits per heavy atom. The van der Waals surface area contributed by atoms with Crippen LogP contribution in [-0.4, -0.2) is 41.7 Å². The first-order valence-electron chi connectivity index (χ1n) is 9.60. The van der Waals surface area contributed by atoms with Crippen LogP contribution in [0.2, 0.25) is 0 Å². The SMILES string of the molecule is CCC/C=C\CC[C@H]1[C@@H](O)CO[C@@H]1/C=C/[C@@H](O)COc1cccc(C)c1. The van der Waals surface area contributed by atoms with Gasteiger partial charge in [0, 0.05) is 5.92 Å².